The van der Waals surface area contributed by atoms with Crippen LogP contribution in [0.3, 0.4) is 0 Å². The molecule has 1 aromatic heterocycles. The van der Waals surface area contributed by atoms with E-state index >= 15 is 0 Å². The summed E-state index contributed by atoms with van der Waals surface area (Å²) in [6.07, 6.45) is 0. The summed E-state index contributed by atoms with van der Waals surface area (Å²) in [5, 5.41) is 18.5. The lowest BCUT2D eigenvalue weighted by Gasteiger charge is -2.14. The summed E-state index contributed by atoms with van der Waals surface area (Å²) in [7, 11) is 0. The number of carbonyl (C=O) groups excluding carboxylic acids is 2. The molecule has 0 saturated heterocycles. The Kier molecular flexibility index (Phi) is 8.31. The van der Waals surface area contributed by atoms with Crippen molar-refractivity contribution >= 4 is 28.8 Å². The van der Waals surface area contributed by atoms with Gasteiger partial charge < -0.3 is 15.4 Å². The summed E-state index contributed by atoms with van der Waals surface area (Å²) in [6.45, 7) is 6.84. The van der Waals surface area contributed by atoms with Crippen molar-refractivity contribution in [1.82, 2.24) is 15.6 Å². The zero-order chi connectivity index (χ0) is 24.7. The second-order valence-electron chi connectivity index (χ2n) is 7.93. The van der Waals surface area contributed by atoms with Gasteiger partial charge in [-0.05, 0) is 36.1 Å². The molecule has 178 valence electrons. The van der Waals surface area contributed by atoms with Crippen molar-refractivity contribution < 1.29 is 19.2 Å². The van der Waals surface area contributed by atoms with Crippen LogP contribution in [0.4, 0.5) is 5.69 Å². The van der Waals surface area contributed by atoms with Crippen LogP contribution in [0.25, 0.3) is 0 Å². The number of hydrogen-bond donors (Lipinski definition) is 2. The van der Waals surface area contributed by atoms with Gasteiger partial charge in [0.15, 0.2) is 0 Å². The fourth-order valence-electron chi connectivity index (χ4n) is 3.17. The van der Waals surface area contributed by atoms with Crippen LogP contribution < -0.4 is 15.4 Å². The fourth-order valence-corrected chi connectivity index (χ4v) is 3.86. The molecule has 10 heteroatoms. The number of ether oxygens (including phenoxy) is 1. The quantitative estimate of drug-likeness (QED) is 0.253. The van der Waals surface area contributed by atoms with Crippen LogP contribution >= 0.6 is 11.3 Å². The Morgan fingerprint density at radius 1 is 1.12 bits per heavy atom. The number of nitro benzene ring substituents is 1. The number of nitrogens with zero attached hydrogens (tertiary/aromatic N) is 2. The lowest BCUT2D eigenvalue weighted by atomic mass is 10.0. The molecule has 34 heavy (non-hydrogen) atoms. The Morgan fingerprint density at radius 2 is 1.85 bits per heavy atom. The highest BCUT2D eigenvalue weighted by molar-refractivity contribution is 7.09. The highest BCUT2D eigenvalue weighted by Crippen LogP contribution is 2.28. The molecule has 0 bridgehead atoms. The van der Waals surface area contributed by atoms with Crippen LogP contribution in [0.5, 0.6) is 5.75 Å². The number of amides is 2. The highest BCUT2D eigenvalue weighted by atomic mass is 32.1. The molecule has 0 fully saturated rings. The first-order chi connectivity index (χ1) is 16.2. The van der Waals surface area contributed by atoms with Crippen LogP contribution in [-0.2, 0) is 6.61 Å². The average molecular weight is 483 g/mol. The fraction of sp³-hybridized carbons (Fsp3) is 0.292. The van der Waals surface area contributed by atoms with Crippen LogP contribution in [0.15, 0.2) is 47.8 Å². The number of aromatic nitrogens is 1. The topological polar surface area (TPSA) is 123 Å². The van der Waals surface area contributed by atoms with Crippen molar-refractivity contribution in [3.05, 3.63) is 85.4 Å². The van der Waals surface area contributed by atoms with Gasteiger partial charge in [0, 0.05) is 36.2 Å². The maximum absolute atomic E-state index is 12.4. The summed E-state index contributed by atoms with van der Waals surface area (Å²) in [5.41, 5.74) is 2.52. The van der Waals surface area contributed by atoms with Crippen molar-refractivity contribution in [2.45, 2.75) is 33.3 Å². The maximum atomic E-state index is 12.4. The van der Waals surface area contributed by atoms with E-state index in [9.17, 15) is 19.7 Å². The van der Waals surface area contributed by atoms with Crippen LogP contribution in [0.1, 0.15) is 56.7 Å². The Bertz CT molecular complexity index is 1190. The van der Waals surface area contributed by atoms with E-state index in [0.29, 0.717) is 10.9 Å². The number of nitrogens with one attached hydrogen (secondary N) is 2. The molecule has 0 unspecified atom stereocenters. The molecule has 9 nitrogen and oxygen atoms in total. The van der Waals surface area contributed by atoms with Gasteiger partial charge in [-0.1, -0.05) is 32.0 Å². The second kappa shape index (κ2) is 11.4. The highest BCUT2D eigenvalue weighted by Gasteiger charge is 2.14. The number of thiazole rings is 1. The van der Waals surface area contributed by atoms with E-state index in [1.807, 2.05) is 13.0 Å². The number of nitro groups is 1. The molecule has 0 spiro atoms. The molecule has 3 aromatic rings. The Hall–Kier alpha value is -3.79. The smallest absolute Gasteiger partial charge is 0.270 e. The number of benzene rings is 2. The Balaban J connectivity index is 1.47. The van der Waals surface area contributed by atoms with Gasteiger partial charge in [0.1, 0.15) is 23.1 Å². The normalized spacial score (nSPS) is 10.7. The summed E-state index contributed by atoms with van der Waals surface area (Å²) in [5.74, 6) is 0.329. The summed E-state index contributed by atoms with van der Waals surface area (Å²) in [6, 6.07) is 11.6. The standard InChI is InChI=1S/C24H26N4O5S/c1-15(2)19-8-7-16(3)11-21(19)33-13-22-27-20(14-34-22)24(30)26-10-9-25-23(29)17-5-4-6-18(12-17)28(31)32/h4-8,11-12,14-15H,9-10,13H2,1-3H3,(H,25,29)(H,26,30). The number of non-ortho nitro benzene ring substituents is 1. The largest absolute Gasteiger partial charge is 0.486 e. The summed E-state index contributed by atoms with van der Waals surface area (Å²) in [4.78, 5) is 39.1. The Morgan fingerprint density at radius 3 is 2.56 bits per heavy atom. The minimum absolute atomic E-state index is 0.160. The molecule has 2 amide bonds. The molecule has 0 aliphatic carbocycles. The third-order valence-electron chi connectivity index (χ3n) is 4.94. The van der Waals surface area contributed by atoms with E-state index in [1.165, 1.54) is 35.6 Å². The van der Waals surface area contributed by atoms with E-state index in [0.717, 1.165) is 16.9 Å². The molecular weight excluding hydrogens is 456 g/mol. The van der Waals surface area contributed by atoms with Gasteiger partial charge in [-0.3, -0.25) is 19.7 Å². The molecule has 0 aliphatic rings. The van der Waals surface area contributed by atoms with Crippen LogP contribution in [0, 0.1) is 17.0 Å². The minimum atomic E-state index is -0.561. The maximum Gasteiger partial charge on any atom is 0.270 e. The molecule has 2 N–H and O–H groups in total. The zero-order valence-electron chi connectivity index (χ0n) is 19.2. The van der Waals surface area contributed by atoms with Crippen molar-refractivity contribution in [2.75, 3.05) is 13.1 Å². The first-order valence-corrected chi connectivity index (χ1v) is 11.6. The summed E-state index contributed by atoms with van der Waals surface area (Å²) >= 11 is 1.34. The van der Waals surface area contributed by atoms with Gasteiger partial charge in [-0.15, -0.1) is 11.3 Å². The third-order valence-corrected chi connectivity index (χ3v) is 5.76. The predicted molar refractivity (Wildman–Crippen MR) is 129 cm³/mol. The van der Waals surface area contributed by atoms with Gasteiger partial charge >= 0.3 is 0 Å². The second-order valence-corrected chi connectivity index (χ2v) is 8.87. The van der Waals surface area contributed by atoms with Gasteiger partial charge in [0.05, 0.1) is 4.92 Å². The third kappa shape index (κ3) is 6.61. The molecule has 2 aromatic carbocycles. The zero-order valence-corrected chi connectivity index (χ0v) is 20.0. The lowest BCUT2D eigenvalue weighted by Crippen LogP contribution is -2.34. The summed E-state index contributed by atoms with van der Waals surface area (Å²) < 4.78 is 5.98. The van der Waals surface area contributed by atoms with E-state index in [-0.39, 0.29) is 42.5 Å². The monoisotopic (exact) mass is 482 g/mol. The van der Waals surface area contributed by atoms with Crippen LogP contribution in [0.2, 0.25) is 0 Å². The van der Waals surface area contributed by atoms with Gasteiger partial charge in [0.25, 0.3) is 17.5 Å². The molecule has 1 heterocycles. The first kappa shape index (κ1) is 24.8. The molecule has 0 saturated carbocycles. The predicted octanol–water partition coefficient (Wildman–Crippen LogP) is 4.22. The molecule has 0 aliphatic heterocycles. The van der Waals surface area contributed by atoms with E-state index in [4.69, 9.17) is 4.74 Å². The average Bonchev–Trinajstić information content (AvgIpc) is 3.29. The van der Waals surface area contributed by atoms with E-state index < -0.39 is 10.8 Å². The number of rotatable bonds is 10. The Labute approximate surface area is 201 Å². The van der Waals surface area contributed by atoms with Gasteiger partial charge in [-0.25, -0.2) is 4.98 Å². The first-order valence-electron chi connectivity index (χ1n) is 10.7. The van der Waals surface area contributed by atoms with Crippen molar-refractivity contribution in [3.8, 4) is 5.75 Å². The van der Waals surface area contributed by atoms with Crippen LogP contribution in [-0.4, -0.2) is 34.8 Å². The van der Waals surface area contributed by atoms with Gasteiger partial charge in [-0.2, -0.15) is 0 Å². The minimum Gasteiger partial charge on any atom is -0.486 e. The van der Waals surface area contributed by atoms with Crippen molar-refractivity contribution in [2.24, 2.45) is 0 Å². The van der Waals surface area contributed by atoms with E-state index in [2.05, 4.69) is 41.6 Å². The molecular formula is C24H26N4O5S. The number of carbonyl (C=O) groups is 2. The van der Waals surface area contributed by atoms with Crippen molar-refractivity contribution in [3.63, 3.8) is 0 Å². The lowest BCUT2D eigenvalue weighted by molar-refractivity contribution is -0.384. The molecule has 0 radical (unpaired) electrons. The molecule has 0 atom stereocenters. The number of aryl methyl sites for hydroxylation is 1. The number of hydrogen-bond acceptors (Lipinski definition) is 7. The van der Waals surface area contributed by atoms with E-state index in [1.54, 1.807) is 5.38 Å². The van der Waals surface area contributed by atoms with Crippen molar-refractivity contribution in [1.29, 1.82) is 0 Å². The molecule has 3 rings (SSSR count). The van der Waals surface area contributed by atoms with Gasteiger partial charge in [0.2, 0.25) is 0 Å². The SMILES string of the molecule is Cc1ccc(C(C)C)c(OCc2nc(C(=O)NCCNC(=O)c3cccc([N+](=O)[O-])c3)cs2)c1.